The molecule has 2 heteroatoms. The Balaban J connectivity index is 1.24. The Morgan fingerprint density at radius 3 is 2.07 bits per heavy atom. The zero-order valence-corrected chi connectivity index (χ0v) is 23.2. The molecule has 0 bridgehead atoms. The molecule has 0 aliphatic heterocycles. The molecule has 0 fully saturated rings. The lowest BCUT2D eigenvalue weighted by molar-refractivity contribution is 0.899. The maximum Gasteiger partial charge on any atom is 0.0780 e. The third kappa shape index (κ3) is 4.29. The van der Waals surface area contributed by atoms with E-state index < -0.39 is 0 Å². The smallest absolute Gasteiger partial charge is 0.0780 e. The Labute approximate surface area is 246 Å². The lowest BCUT2D eigenvalue weighted by Crippen LogP contribution is -2.08. The van der Waals surface area contributed by atoms with Gasteiger partial charge in [-0.3, -0.25) is 9.97 Å². The van der Waals surface area contributed by atoms with Crippen LogP contribution < -0.4 is 0 Å². The zero-order chi connectivity index (χ0) is 27.9. The summed E-state index contributed by atoms with van der Waals surface area (Å²) in [6, 6.07) is 49.9. The number of fused-ring (bicyclic) bond motifs is 4. The molecule has 0 saturated heterocycles. The zero-order valence-electron chi connectivity index (χ0n) is 23.2. The van der Waals surface area contributed by atoms with E-state index in [0.29, 0.717) is 0 Å². The van der Waals surface area contributed by atoms with Crippen LogP contribution in [-0.2, 0) is 12.8 Å². The molecule has 1 aliphatic carbocycles. The van der Waals surface area contributed by atoms with Crippen molar-refractivity contribution in [2.24, 2.45) is 0 Å². The van der Waals surface area contributed by atoms with Crippen LogP contribution in [0.1, 0.15) is 11.3 Å². The van der Waals surface area contributed by atoms with Crippen LogP contribution in [0.25, 0.3) is 66.7 Å². The van der Waals surface area contributed by atoms with Crippen molar-refractivity contribution in [3.05, 3.63) is 157 Å². The molecule has 7 aromatic rings. The van der Waals surface area contributed by atoms with Gasteiger partial charge in [-0.2, -0.15) is 0 Å². The van der Waals surface area contributed by atoms with E-state index in [-0.39, 0.29) is 0 Å². The summed E-state index contributed by atoms with van der Waals surface area (Å²) in [7, 11) is 0. The Hall–Kier alpha value is -5.34. The maximum absolute atomic E-state index is 5.20. The van der Waals surface area contributed by atoms with Crippen LogP contribution in [0.4, 0.5) is 0 Å². The van der Waals surface area contributed by atoms with Crippen LogP contribution in [-0.4, -0.2) is 9.97 Å². The highest BCUT2D eigenvalue weighted by Crippen LogP contribution is 2.42. The van der Waals surface area contributed by atoms with E-state index in [2.05, 4.69) is 138 Å². The first-order chi connectivity index (χ1) is 20.8. The fourth-order valence-corrected chi connectivity index (χ4v) is 6.34. The summed E-state index contributed by atoms with van der Waals surface area (Å²) in [4.78, 5) is 9.86. The summed E-state index contributed by atoms with van der Waals surface area (Å²) < 4.78 is 0. The highest BCUT2D eigenvalue weighted by Gasteiger charge is 2.22. The lowest BCUT2D eigenvalue weighted by Gasteiger charge is -2.23. The van der Waals surface area contributed by atoms with E-state index in [9.17, 15) is 0 Å². The van der Waals surface area contributed by atoms with Crippen molar-refractivity contribution in [2.45, 2.75) is 12.8 Å². The van der Waals surface area contributed by atoms with Gasteiger partial charge < -0.3 is 0 Å². The highest BCUT2D eigenvalue weighted by atomic mass is 14.7. The number of rotatable bonds is 4. The topological polar surface area (TPSA) is 25.8 Å². The first-order valence-electron chi connectivity index (χ1n) is 14.5. The van der Waals surface area contributed by atoms with Crippen LogP contribution >= 0.6 is 0 Å². The third-order valence-corrected chi connectivity index (χ3v) is 8.42. The van der Waals surface area contributed by atoms with Gasteiger partial charge in [-0.05, 0) is 70.0 Å². The number of benzene rings is 5. The second-order valence-corrected chi connectivity index (χ2v) is 10.9. The standard InChI is InChI=1S/C40H28N2/c1-2-10-30(11-3-1)38-26-36(39-34-16-5-4-9-28(34)22-23-37(39)42-38)33-14-6-13-32(25-33)27-18-20-29(21-19-27)35-17-7-12-31-15-8-24-41-40(31)35/h1-21,24-26H,22-23H2. The lowest BCUT2D eigenvalue weighted by atomic mass is 9.83. The minimum Gasteiger partial charge on any atom is -0.256 e. The minimum atomic E-state index is 0.949. The summed E-state index contributed by atoms with van der Waals surface area (Å²) in [6.07, 6.45) is 3.84. The van der Waals surface area contributed by atoms with Crippen LogP contribution in [0, 0.1) is 0 Å². The number of hydrogen-bond acceptors (Lipinski definition) is 2. The van der Waals surface area contributed by atoms with E-state index in [1.165, 1.54) is 50.2 Å². The molecule has 5 aromatic carbocycles. The van der Waals surface area contributed by atoms with Gasteiger partial charge in [-0.25, -0.2) is 0 Å². The molecule has 2 heterocycles. The number of hydrogen-bond donors (Lipinski definition) is 0. The average Bonchev–Trinajstić information content (AvgIpc) is 3.08. The maximum atomic E-state index is 5.20. The van der Waals surface area contributed by atoms with Gasteiger partial charge in [-0.1, -0.05) is 121 Å². The van der Waals surface area contributed by atoms with Crippen molar-refractivity contribution < 1.29 is 0 Å². The fourth-order valence-electron chi connectivity index (χ4n) is 6.34. The summed E-state index contributed by atoms with van der Waals surface area (Å²) in [6.45, 7) is 0. The second kappa shape index (κ2) is 10.2. The highest BCUT2D eigenvalue weighted by molar-refractivity contribution is 5.94. The van der Waals surface area contributed by atoms with Crippen molar-refractivity contribution in [3.63, 3.8) is 0 Å². The Morgan fingerprint density at radius 2 is 1.17 bits per heavy atom. The molecule has 0 radical (unpaired) electrons. The summed E-state index contributed by atoms with van der Waals surface area (Å²) in [5.74, 6) is 0. The first kappa shape index (κ1) is 24.5. The van der Waals surface area contributed by atoms with Crippen molar-refractivity contribution in [2.75, 3.05) is 0 Å². The van der Waals surface area contributed by atoms with Crippen molar-refractivity contribution in [1.82, 2.24) is 9.97 Å². The van der Waals surface area contributed by atoms with Crippen LogP contribution in [0.5, 0.6) is 0 Å². The Morgan fingerprint density at radius 1 is 0.452 bits per heavy atom. The summed E-state index contributed by atoms with van der Waals surface area (Å²) in [5, 5.41) is 1.16. The molecular weight excluding hydrogens is 508 g/mol. The van der Waals surface area contributed by atoms with E-state index in [4.69, 9.17) is 4.98 Å². The molecule has 0 unspecified atom stereocenters. The van der Waals surface area contributed by atoms with Crippen LogP contribution in [0.3, 0.4) is 0 Å². The fraction of sp³-hybridized carbons (Fsp3) is 0.0500. The van der Waals surface area contributed by atoms with Gasteiger partial charge in [-0.15, -0.1) is 0 Å². The van der Waals surface area contributed by atoms with E-state index in [1.807, 2.05) is 12.3 Å². The van der Waals surface area contributed by atoms with Gasteiger partial charge in [0.05, 0.1) is 11.2 Å². The molecule has 2 aromatic heterocycles. The van der Waals surface area contributed by atoms with Crippen molar-refractivity contribution in [3.8, 4) is 55.8 Å². The normalized spacial score (nSPS) is 12.1. The number of nitrogens with zero attached hydrogens (tertiary/aromatic N) is 2. The monoisotopic (exact) mass is 536 g/mol. The van der Waals surface area contributed by atoms with E-state index in [0.717, 1.165) is 40.6 Å². The molecular formula is C40H28N2. The minimum absolute atomic E-state index is 0.949. The summed E-state index contributed by atoms with van der Waals surface area (Å²) >= 11 is 0. The molecule has 0 spiro atoms. The summed E-state index contributed by atoms with van der Waals surface area (Å²) in [5.41, 5.74) is 15.5. The largest absolute Gasteiger partial charge is 0.256 e. The van der Waals surface area contributed by atoms with Gasteiger partial charge in [0.2, 0.25) is 0 Å². The molecule has 0 N–H and O–H groups in total. The Bertz CT molecular complexity index is 2070. The molecule has 2 nitrogen and oxygen atoms in total. The molecule has 0 saturated carbocycles. The van der Waals surface area contributed by atoms with E-state index in [1.54, 1.807) is 0 Å². The molecule has 198 valence electrons. The third-order valence-electron chi connectivity index (χ3n) is 8.42. The number of aryl methyl sites for hydroxylation is 2. The second-order valence-electron chi connectivity index (χ2n) is 10.9. The first-order valence-corrected chi connectivity index (χ1v) is 14.5. The van der Waals surface area contributed by atoms with Crippen molar-refractivity contribution >= 4 is 10.9 Å². The molecule has 0 atom stereocenters. The van der Waals surface area contributed by atoms with Gasteiger partial charge in [0, 0.05) is 34.0 Å². The molecule has 42 heavy (non-hydrogen) atoms. The van der Waals surface area contributed by atoms with Crippen molar-refractivity contribution in [1.29, 1.82) is 0 Å². The Kier molecular flexibility index (Phi) is 5.97. The quantitative estimate of drug-likeness (QED) is 0.224. The predicted molar refractivity (Wildman–Crippen MR) is 174 cm³/mol. The predicted octanol–water partition coefficient (Wildman–Crippen LogP) is 10.1. The van der Waals surface area contributed by atoms with Crippen LogP contribution in [0.2, 0.25) is 0 Å². The number of pyridine rings is 2. The van der Waals surface area contributed by atoms with E-state index >= 15 is 0 Å². The number of para-hydroxylation sites is 1. The van der Waals surface area contributed by atoms with Gasteiger partial charge in [0.25, 0.3) is 0 Å². The SMILES string of the molecule is c1ccc(-c2cc(-c3cccc(-c4ccc(-c5cccc6cccnc56)cc4)c3)c3c(n2)CCc2ccccc2-3)cc1. The number of aromatic nitrogens is 2. The van der Waals surface area contributed by atoms with Crippen LogP contribution in [0.15, 0.2) is 146 Å². The molecule has 0 amide bonds. The molecule has 8 rings (SSSR count). The van der Waals surface area contributed by atoms with Gasteiger partial charge in [0.15, 0.2) is 0 Å². The average molecular weight is 537 g/mol. The van der Waals surface area contributed by atoms with Gasteiger partial charge >= 0.3 is 0 Å². The molecule has 1 aliphatic rings. The van der Waals surface area contributed by atoms with Gasteiger partial charge in [0.1, 0.15) is 0 Å².